The van der Waals surface area contributed by atoms with Gasteiger partial charge in [0.15, 0.2) is 5.60 Å². The van der Waals surface area contributed by atoms with Crippen molar-refractivity contribution in [2.75, 3.05) is 13.7 Å². The highest BCUT2D eigenvalue weighted by molar-refractivity contribution is 5.33. The van der Waals surface area contributed by atoms with Gasteiger partial charge in [0.25, 0.3) is 0 Å². The average molecular weight is 232 g/mol. The molecule has 1 unspecified atom stereocenters. The molecule has 1 atom stereocenters. The molecule has 2 nitrogen and oxygen atoms in total. The van der Waals surface area contributed by atoms with Crippen LogP contribution in [-0.2, 0) is 10.3 Å². The van der Waals surface area contributed by atoms with E-state index in [9.17, 15) is 13.2 Å². The molecule has 88 valence electrons. The molecule has 0 radical (unpaired) electrons. The minimum absolute atomic E-state index is 0.0250. The van der Waals surface area contributed by atoms with Crippen molar-refractivity contribution in [3.8, 4) is 5.75 Å². The second kappa shape index (κ2) is 3.66. The highest BCUT2D eigenvalue weighted by atomic mass is 19.4. The average Bonchev–Trinajstić information content (AvgIpc) is 2.15. The van der Waals surface area contributed by atoms with E-state index in [2.05, 4.69) is 0 Å². The summed E-state index contributed by atoms with van der Waals surface area (Å²) < 4.78 is 48.3. The van der Waals surface area contributed by atoms with Crippen molar-refractivity contribution >= 4 is 0 Å². The molecule has 16 heavy (non-hydrogen) atoms. The number of methoxy groups -OCH3 is 1. The molecule has 5 heteroatoms. The van der Waals surface area contributed by atoms with Crippen LogP contribution in [0, 0.1) is 0 Å². The Balaban J connectivity index is 2.34. The molecule has 0 N–H and O–H groups in total. The molecular formula is C11H11F3O2. The van der Waals surface area contributed by atoms with Crippen LogP contribution in [0.2, 0.25) is 0 Å². The standard InChI is InChI=1S/C11H11F3O2/c1-15-9-4-2-8(3-5-9)10(6-7-16-10)11(12,13)14/h2-5H,6-7H2,1H3. The van der Waals surface area contributed by atoms with E-state index in [1.165, 1.54) is 31.4 Å². The van der Waals surface area contributed by atoms with Crippen LogP contribution in [0.15, 0.2) is 24.3 Å². The van der Waals surface area contributed by atoms with E-state index in [1.807, 2.05) is 0 Å². The van der Waals surface area contributed by atoms with Crippen molar-refractivity contribution in [3.63, 3.8) is 0 Å². The molecule has 1 fully saturated rings. The fourth-order valence-electron chi connectivity index (χ4n) is 1.78. The lowest BCUT2D eigenvalue weighted by Gasteiger charge is -2.43. The largest absolute Gasteiger partial charge is 0.497 e. The fourth-order valence-corrected chi connectivity index (χ4v) is 1.78. The van der Waals surface area contributed by atoms with Crippen LogP contribution in [0.4, 0.5) is 13.2 Å². The fraction of sp³-hybridized carbons (Fsp3) is 0.455. The summed E-state index contributed by atoms with van der Waals surface area (Å²) in [5.41, 5.74) is -1.98. The lowest BCUT2D eigenvalue weighted by Crippen LogP contribution is -2.52. The lowest BCUT2D eigenvalue weighted by molar-refractivity contribution is -0.333. The third-order valence-electron chi connectivity index (χ3n) is 2.82. The zero-order valence-electron chi connectivity index (χ0n) is 8.67. The summed E-state index contributed by atoms with van der Waals surface area (Å²) in [5.74, 6) is 0.528. The van der Waals surface area contributed by atoms with E-state index in [1.54, 1.807) is 0 Å². The molecule has 1 saturated heterocycles. The Hall–Kier alpha value is -1.23. The molecule has 0 aromatic heterocycles. The van der Waals surface area contributed by atoms with E-state index in [-0.39, 0.29) is 18.6 Å². The molecule has 1 aromatic carbocycles. The smallest absolute Gasteiger partial charge is 0.421 e. The van der Waals surface area contributed by atoms with Gasteiger partial charge in [0.1, 0.15) is 5.75 Å². The topological polar surface area (TPSA) is 18.5 Å². The van der Waals surface area contributed by atoms with Gasteiger partial charge < -0.3 is 9.47 Å². The molecule has 0 spiro atoms. The van der Waals surface area contributed by atoms with Gasteiger partial charge in [-0.15, -0.1) is 0 Å². The first-order valence-electron chi connectivity index (χ1n) is 4.85. The van der Waals surface area contributed by atoms with E-state index in [0.717, 1.165) is 0 Å². The predicted molar refractivity (Wildman–Crippen MR) is 51.3 cm³/mol. The molecule has 0 bridgehead atoms. The highest BCUT2D eigenvalue weighted by Crippen LogP contribution is 2.50. The first-order chi connectivity index (χ1) is 7.49. The van der Waals surface area contributed by atoms with Crippen molar-refractivity contribution in [1.29, 1.82) is 0 Å². The zero-order valence-corrected chi connectivity index (χ0v) is 8.67. The van der Waals surface area contributed by atoms with Crippen LogP contribution in [0.1, 0.15) is 12.0 Å². The summed E-state index contributed by atoms with van der Waals surface area (Å²) in [5, 5.41) is 0. The van der Waals surface area contributed by atoms with Gasteiger partial charge in [-0.3, -0.25) is 0 Å². The van der Waals surface area contributed by atoms with E-state index in [0.29, 0.717) is 5.75 Å². The maximum absolute atomic E-state index is 12.9. The molecule has 1 aromatic rings. The van der Waals surface area contributed by atoms with Crippen molar-refractivity contribution in [1.82, 2.24) is 0 Å². The Morgan fingerprint density at radius 1 is 1.25 bits per heavy atom. The maximum Gasteiger partial charge on any atom is 0.421 e. The zero-order chi connectivity index (χ0) is 11.8. The van der Waals surface area contributed by atoms with Crippen molar-refractivity contribution in [2.24, 2.45) is 0 Å². The Morgan fingerprint density at radius 3 is 2.12 bits per heavy atom. The predicted octanol–water partition coefficient (Wildman–Crippen LogP) is 2.87. The SMILES string of the molecule is COc1ccc(C2(C(F)(F)F)CCO2)cc1. The van der Waals surface area contributed by atoms with Gasteiger partial charge in [-0.1, -0.05) is 12.1 Å². The second-order valence-electron chi connectivity index (χ2n) is 3.65. The van der Waals surface area contributed by atoms with Crippen molar-refractivity contribution in [2.45, 2.75) is 18.2 Å². The van der Waals surface area contributed by atoms with E-state index < -0.39 is 11.8 Å². The van der Waals surface area contributed by atoms with E-state index in [4.69, 9.17) is 9.47 Å². The van der Waals surface area contributed by atoms with Gasteiger partial charge in [-0.2, -0.15) is 13.2 Å². The summed E-state index contributed by atoms with van der Waals surface area (Å²) in [6.07, 6.45) is -4.40. The molecule has 0 amide bonds. The van der Waals surface area contributed by atoms with Crippen molar-refractivity contribution in [3.05, 3.63) is 29.8 Å². The molecular weight excluding hydrogens is 221 g/mol. The molecule has 0 aliphatic carbocycles. The normalized spacial score (nSPS) is 25.0. The minimum Gasteiger partial charge on any atom is -0.497 e. The number of halogens is 3. The maximum atomic E-state index is 12.9. The van der Waals surface area contributed by atoms with Gasteiger partial charge in [0, 0.05) is 6.42 Å². The van der Waals surface area contributed by atoms with Gasteiger partial charge in [0.05, 0.1) is 13.7 Å². The van der Waals surface area contributed by atoms with Crippen LogP contribution >= 0.6 is 0 Å². The highest BCUT2D eigenvalue weighted by Gasteiger charge is 2.61. The molecule has 2 rings (SSSR count). The van der Waals surface area contributed by atoms with Crippen LogP contribution in [0.25, 0.3) is 0 Å². The Labute approximate surface area is 91.0 Å². The van der Waals surface area contributed by atoms with Gasteiger partial charge >= 0.3 is 6.18 Å². The monoisotopic (exact) mass is 232 g/mol. The van der Waals surface area contributed by atoms with Gasteiger partial charge in [0.2, 0.25) is 0 Å². The number of rotatable bonds is 2. The van der Waals surface area contributed by atoms with Gasteiger partial charge in [-0.05, 0) is 17.7 Å². The van der Waals surface area contributed by atoms with Crippen LogP contribution < -0.4 is 4.74 Å². The number of hydrogen-bond acceptors (Lipinski definition) is 2. The summed E-state index contributed by atoms with van der Waals surface area (Å²) >= 11 is 0. The third-order valence-corrected chi connectivity index (χ3v) is 2.82. The Bertz CT molecular complexity index is 366. The summed E-state index contributed by atoms with van der Waals surface area (Å²) in [6, 6.07) is 5.80. The van der Waals surface area contributed by atoms with Crippen LogP contribution in [0.3, 0.4) is 0 Å². The Morgan fingerprint density at radius 2 is 1.81 bits per heavy atom. The summed E-state index contributed by atoms with van der Waals surface area (Å²) in [7, 11) is 1.47. The number of ether oxygens (including phenoxy) is 2. The number of hydrogen-bond donors (Lipinski definition) is 0. The summed E-state index contributed by atoms with van der Waals surface area (Å²) in [6.45, 7) is 0.144. The molecule has 1 aliphatic rings. The minimum atomic E-state index is -4.38. The molecule has 0 saturated carbocycles. The third kappa shape index (κ3) is 1.55. The molecule has 1 heterocycles. The van der Waals surface area contributed by atoms with Crippen LogP contribution in [-0.4, -0.2) is 19.9 Å². The second-order valence-corrected chi connectivity index (χ2v) is 3.65. The first kappa shape index (κ1) is 11.3. The Kier molecular flexibility index (Phi) is 2.58. The quantitative estimate of drug-likeness (QED) is 0.780. The summed E-state index contributed by atoms with van der Waals surface area (Å²) in [4.78, 5) is 0. The van der Waals surface area contributed by atoms with Crippen LogP contribution in [0.5, 0.6) is 5.75 Å². The first-order valence-corrected chi connectivity index (χ1v) is 4.85. The van der Waals surface area contributed by atoms with Crippen molar-refractivity contribution < 1.29 is 22.6 Å². The number of benzene rings is 1. The van der Waals surface area contributed by atoms with Gasteiger partial charge in [-0.25, -0.2) is 0 Å². The lowest BCUT2D eigenvalue weighted by atomic mass is 9.86. The van der Waals surface area contributed by atoms with E-state index >= 15 is 0 Å². The number of alkyl halides is 3. The molecule has 1 aliphatic heterocycles.